The quantitative estimate of drug-likeness (QED) is 0.133. The van der Waals surface area contributed by atoms with E-state index in [0.717, 1.165) is 38.4 Å². The van der Waals surface area contributed by atoms with Crippen molar-refractivity contribution in [2.75, 3.05) is 19.6 Å². The number of benzene rings is 1. The highest BCUT2D eigenvalue weighted by atomic mass is 19.4. The van der Waals surface area contributed by atoms with E-state index in [2.05, 4.69) is 20.4 Å². The van der Waals surface area contributed by atoms with Crippen molar-refractivity contribution in [1.29, 1.82) is 0 Å². The molecule has 1 aliphatic heterocycles. The van der Waals surface area contributed by atoms with Crippen LogP contribution in [0.1, 0.15) is 35.2 Å². The molecule has 1 aromatic carbocycles. The number of amides is 1. The van der Waals surface area contributed by atoms with E-state index in [4.69, 9.17) is 21.2 Å². The van der Waals surface area contributed by atoms with Crippen LogP contribution in [0.4, 0.5) is 13.2 Å². The smallest absolute Gasteiger partial charge is 0.424 e. The molecule has 12 heteroatoms. The number of hydrogen-bond acceptors (Lipinski definition) is 6. The minimum atomic E-state index is -4.65. The maximum absolute atomic E-state index is 13.0. The molecule has 0 atom stereocenters. The van der Waals surface area contributed by atoms with Crippen LogP contribution in [0.25, 0.3) is 21.4 Å². The van der Waals surface area contributed by atoms with Gasteiger partial charge in [-0.1, -0.05) is 24.5 Å². The van der Waals surface area contributed by atoms with Gasteiger partial charge in [0.15, 0.2) is 0 Å². The molecule has 2 aromatic rings. The number of alkyl halides is 3. The van der Waals surface area contributed by atoms with E-state index in [1.165, 1.54) is 18.2 Å². The van der Waals surface area contributed by atoms with Gasteiger partial charge in [0, 0.05) is 29.0 Å². The van der Waals surface area contributed by atoms with E-state index in [-0.39, 0.29) is 34.8 Å². The summed E-state index contributed by atoms with van der Waals surface area (Å²) < 4.78 is 43.6. The topological polar surface area (TPSA) is 124 Å². The molecule has 9 nitrogen and oxygen atoms in total. The van der Waals surface area contributed by atoms with E-state index in [9.17, 15) is 23.1 Å². The molecular weight excluding hydrogens is 467 g/mol. The number of halogens is 3. The Morgan fingerprint density at radius 3 is 2.77 bits per heavy atom. The van der Waals surface area contributed by atoms with Crippen molar-refractivity contribution in [3.63, 3.8) is 0 Å². The van der Waals surface area contributed by atoms with Crippen LogP contribution in [0.2, 0.25) is 0 Å². The summed E-state index contributed by atoms with van der Waals surface area (Å²) >= 11 is 0. The molecule has 2 N–H and O–H groups in total. The third-order valence-corrected chi connectivity index (χ3v) is 5.36. The lowest BCUT2D eigenvalue weighted by Gasteiger charge is -2.27. The van der Waals surface area contributed by atoms with Crippen molar-refractivity contribution in [2.45, 2.75) is 32.0 Å². The van der Waals surface area contributed by atoms with Crippen LogP contribution in [0, 0.1) is 12.3 Å². The molecule has 1 saturated heterocycles. The van der Waals surface area contributed by atoms with Gasteiger partial charge in [-0.15, -0.1) is 6.42 Å². The van der Waals surface area contributed by atoms with E-state index in [1.54, 1.807) is 5.92 Å². The number of nitrogens with zero attached hydrogens (tertiary/aromatic N) is 4. The zero-order valence-corrected chi connectivity index (χ0v) is 18.5. The highest BCUT2D eigenvalue weighted by Crippen LogP contribution is 2.39. The van der Waals surface area contributed by atoms with Gasteiger partial charge in [-0.2, -0.15) is 13.2 Å². The normalized spacial score (nSPS) is 15.1. The molecule has 1 amide bonds. The van der Waals surface area contributed by atoms with E-state index in [1.807, 2.05) is 0 Å². The van der Waals surface area contributed by atoms with Gasteiger partial charge in [0.05, 0.1) is 0 Å². The van der Waals surface area contributed by atoms with Crippen LogP contribution in [-0.2, 0) is 6.54 Å². The number of phenolic OH excluding ortho intramolecular Hbond substituents is 1. The highest BCUT2D eigenvalue weighted by molar-refractivity contribution is 6.10. The van der Waals surface area contributed by atoms with Crippen molar-refractivity contribution >= 4 is 16.9 Å². The lowest BCUT2D eigenvalue weighted by molar-refractivity contribution is -0.0871. The van der Waals surface area contributed by atoms with Crippen LogP contribution in [0.15, 0.2) is 45.6 Å². The first-order valence-corrected chi connectivity index (χ1v) is 10.7. The number of aromatic hydroxyl groups is 1. The Hall–Kier alpha value is -4.07. The largest absolute Gasteiger partial charge is 0.508 e. The summed E-state index contributed by atoms with van der Waals surface area (Å²) in [6.07, 6.45) is 6.40. The van der Waals surface area contributed by atoms with Crippen LogP contribution in [0.3, 0.4) is 0 Å². The Labute approximate surface area is 198 Å². The van der Waals surface area contributed by atoms with E-state index < -0.39 is 17.7 Å². The lowest BCUT2D eigenvalue weighted by Crippen LogP contribution is -2.29. The minimum absolute atomic E-state index is 0.0488. The van der Waals surface area contributed by atoms with Crippen LogP contribution >= 0.6 is 0 Å². The first-order chi connectivity index (χ1) is 16.8. The SMILES string of the molecule is C#C/C(=C\C=C/CNC(=O)c1c(ON=[N+]=[N-])oc2ccc(O)c(CN3CCCCC3)c12)C(F)(F)F. The van der Waals surface area contributed by atoms with E-state index in [0.29, 0.717) is 18.2 Å². The van der Waals surface area contributed by atoms with Crippen LogP contribution < -0.4 is 10.2 Å². The van der Waals surface area contributed by atoms with Crippen molar-refractivity contribution in [2.24, 2.45) is 5.28 Å². The summed E-state index contributed by atoms with van der Waals surface area (Å²) in [5.74, 6) is 0.421. The average molecular weight is 489 g/mol. The van der Waals surface area contributed by atoms with Gasteiger partial charge in [0.2, 0.25) is 0 Å². The van der Waals surface area contributed by atoms with Gasteiger partial charge in [0.25, 0.3) is 5.91 Å². The fourth-order valence-electron chi connectivity index (χ4n) is 3.75. The number of hydrogen-bond donors (Lipinski definition) is 2. The van der Waals surface area contributed by atoms with Gasteiger partial charge in [-0.05, 0) is 49.7 Å². The number of azide groups is 1. The molecule has 0 bridgehead atoms. The first kappa shape index (κ1) is 25.6. The summed E-state index contributed by atoms with van der Waals surface area (Å²) in [6, 6.07) is 2.89. The number of terminal acetylenes is 1. The molecule has 35 heavy (non-hydrogen) atoms. The Kier molecular flexibility index (Phi) is 8.30. The number of phenols is 1. The third kappa shape index (κ3) is 6.29. The predicted molar refractivity (Wildman–Crippen MR) is 121 cm³/mol. The molecule has 3 rings (SSSR count). The van der Waals surface area contributed by atoms with Crippen LogP contribution in [0.5, 0.6) is 11.7 Å². The molecule has 0 spiro atoms. The Morgan fingerprint density at radius 2 is 2.11 bits per heavy atom. The molecule has 0 radical (unpaired) electrons. The molecule has 1 aliphatic rings. The second-order valence-corrected chi connectivity index (χ2v) is 7.66. The molecule has 1 aromatic heterocycles. The molecule has 1 fully saturated rings. The van der Waals surface area contributed by atoms with Crippen LogP contribution in [-0.4, -0.2) is 41.7 Å². The van der Waals surface area contributed by atoms with Crippen molar-refractivity contribution in [3.05, 3.63) is 57.5 Å². The zero-order chi connectivity index (χ0) is 25.4. The molecule has 2 heterocycles. The van der Waals surface area contributed by atoms with Gasteiger partial charge in [-0.25, -0.2) is 0 Å². The van der Waals surface area contributed by atoms with Crippen molar-refractivity contribution in [1.82, 2.24) is 10.2 Å². The van der Waals surface area contributed by atoms with Gasteiger partial charge >= 0.3 is 12.1 Å². The maximum Gasteiger partial charge on any atom is 0.424 e. The number of piperidine rings is 1. The number of fused-ring (bicyclic) bond motifs is 1. The summed E-state index contributed by atoms with van der Waals surface area (Å²) in [7, 11) is 0. The highest BCUT2D eigenvalue weighted by Gasteiger charge is 2.32. The lowest BCUT2D eigenvalue weighted by atomic mass is 10.0. The minimum Gasteiger partial charge on any atom is -0.508 e. The third-order valence-electron chi connectivity index (χ3n) is 5.36. The number of rotatable bonds is 8. The number of carbonyl (C=O) groups excluding carboxylic acids is 1. The average Bonchev–Trinajstić information content (AvgIpc) is 3.20. The second-order valence-electron chi connectivity index (χ2n) is 7.66. The van der Waals surface area contributed by atoms with Crippen molar-refractivity contribution in [3.8, 4) is 24.0 Å². The number of likely N-dealkylation sites (tertiary alicyclic amines) is 1. The summed E-state index contributed by atoms with van der Waals surface area (Å²) in [5.41, 5.74) is 8.00. The summed E-state index contributed by atoms with van der Waals surface area (Å²) in [6.45, 7) is 1.85. The first-order valence-electron chi connectivity index (χ1n) is 10.7. The summed E-state index contributed by atoms with van der Waals surface area (Å²) in [4.78, 5) is 22.6. The van der Waals surface area contributed by atoms with Gasteiger partial charge in [0.1, 0.15) is 27.7 Å². The van der Waals surface area contributed by atoms with Gasteiger partial charge in [-0.3, -0.25) is 9.69 Å². The Balaban J connectivity index is 1.91. The standard InChI is InChI=1S/C23H22F3N5O4/c1-2-15(23(24,25)26)8-4-5-11-28-21(33)20-19-16(14-31-12-6-3-7-13-31)17(32)9-10-18(19)34-22(20)35-30-29-27/h1,4-5,8-10,32H,3,6-7,11-14H2,(H,28,33)/b5-4-,15-8+. The number of allylic oxidation sites excluding steroid dienone is 3. The molecular formula is C23H22F3N5O4. The number of carbonyl (C=O) groups is 1. The fourth-order valence-corrected chi connectivity index (χ4v) is 3.75. The fraction of sp³-hybridized carbons (Fsp3) is 0.348. The Bertz CT molecular complexity index is 1230. The number of nitrogens with one attached hydrogen (secondary N) is 1. The molecule has 0 unspecified atom stereocenters. The molecule has 184 valence electrons. The Morgan fingerprint density at radius 1 is 1.37 bits per heavy atom. The molecule has 0 saturated carbocycles. The van der Waals surface area contributed by atoms with E-state index >= 15 is 0 Å². The van der Waals surface area contributed by atoms with Gasteiger partial charge < -0.3 is 19.7 Å². The number of furan rings is 1. The predicted octanol–water partition coefficient (Wildman–Crippen LogP) is 5.14. The molecule has 0 aliphatic carbocycles. The zero-order valence-electron chi connectivity index (χ0n) is 18.5. The monoisotopic (exact) mass is 489 g/mol. The maximum atomic E-state index is 13.0. The second kappa shape index (κ2) is 11.4. The summed E-state index contributed by atoms with van der Waals surface area (Å²) in [5, 5.41) is 16.4. The van der Waals surface area contributed by atoms with Crippen molar-refractivity contribution < 1.29 is 32.3 Å².